The highest BCUT2D eigenvalue weighted by atomic mass is 32.1. The molecule has 0 aliphatic heterocycles. The number of carbonyl (C=O) groups is 1. The molecule has 0 radical (unpaired) electrons. The van der Waals surface area contributed by atoms with Crippen LogP contribution < -0.4 is 10.7 Å². The molecule has 0 atom stereocenters. The molecule has 4 aromatic rings. The van der Waals surface area contributed by atoms with Crippen molar-refractivity contribution in [3.05, 3.63) is 93.2 Å². The first kappa shape index (κ1) is 25.7. The van der Waals surface area contributed by atoms with E-state index in [4.69, 9.17) is 0 Å². The van der Waals surface area contributed by atoms with E-state index in [9.17, 15) is 18.0 Å². The van der Waals surface area contributed by atoms with Gasteiger partial charge in [0.15, 0.2) is 0 Å². The molecule has 3 heterocycles. The summed E-state index contributed by atoms with van der Waals surface area (Å²) in [4.78, 5) is 18.6. The van der Waals surface area contributed by atoms with Crippen molar-refractivity contribution in [1.82, 2.24) is 9.55 Å². The Bertz CT molecular complexity index is 1490. The number of para-hydroxylation sites is 1. The second-order valence-corrected chi connectivity index (χ2v) is 10.3. The van der Waals surface area contributed by atoms with E-state index in [1.54, 1.807) is 17.6 Å². The predicted molar refractivity (Wildman–Crippen MR) is 145 cm³/mol. The van der Waals surface area contributed by atoms with Gasteiger partial charge >= 0.3 is 6.18 Å². The van der Waals surface area contributed by atoms with Gasteiger partial charge in [0.25, 0.3) is 5.91 Å². The second-order valence-electron chi connectivity index (χ2n) is 9.17. The van der Waals surface area contributed by atoms with E-state index >= 15 is 0 Å². The number of nitrogens with one attached hydrogen (secondary N) is 2. The summed E-state index contributed by atoms with van der Waals surface area (Å²) >= 11 is 1.66. The minimum absolute atomic E-state index is 0.122. The first-order valence-corrected chi connectivity index (χ1v) is 13.1. The lowest BCUT2D eigenvalue weighted by Crippen LogP contribution is -2.17. The summed E-state index contributed by atoms with van der Waals surface area (Å²) in [7, 11) is 0. The molecule has 0 spiro atoms. The summed E-state index contributed by atoms with van der Waals surface area (Å²) < 4.78 is 40.4. The fourth-order valence-electron chi connectivity index (χ4n) is 4.68. The number of nitrogens with zero attached hydrogens (tertiary/aromatic N) is 3. The molecule has 0 unspecified atom stereocenters. The molecular weight excluding hydrogens is 511 g/mol. The van der Waals surface area contributed by atoms with Gasteiger partial charge in [0, 0.05) is 33.7 Å². The van der Waals surface area contributed by atoms with E-state index in [0.29, 0.717) is 5.56 Å². The van der Waals surface area contributed by atoms with Gasteiger partial charge in [0.2, 0.25) is 0 Å². The number of anilines is 2. The Morgan fingerprint density at radius 1 is 1.11 bits per heavy atom. The summed E-state index contributed by atoms with van der Waals surface area (Å²) in [5.41, 5.74) is 7.13. The van der Waals surface area contributed by atoms with E-state index < -0.39 is 11.7 Å². The van der Waals surface area contributed by atoms with Gasteiger partial charge in [-0.1, -0.05) is 18.2 Å². The molecule has 3 aromatic heterocycles. The second kappa shape index (κ2) is 10.4. The molecule has 1 aliphatic carbocycles. The van der Waals surface area contributed by atoms with Crippen molar-refractivity contribution < 1.29 is 18.0 Å². The standard InChI is InChI=1S/C28H26F3N5OS/c1-17-14-19(15-33-35-24-13-12-20(16-32-24)28(29,30)31)18(2)36(17)27-25(22-10-6-7-11-23(22)38-27)26(37)34-21-8-4-3-5-9-21/h3-5,8-9,12-16H,6-7,10-11H2,1-2H3,(H,32,35)(H,34,37)/b33-15-. The summed E-state index contributed by atoms with van der Waals surface area (Å²) in [5, 5.41) is 8.13. The zero-order chi connectivity index (χ0) is 26.9. The zero-order valence-corrected chi connectivity index (χ0v) is 21.7. The number of carbonyl (C=O) groups excluding carboxylic acids is 1. The predicted octanol–water partition coefficient (Wildman–Crippen LogP) is 7.15. The van der Waals surface area contributed by atoms with Crippen LogP contribution in [0.5, 0.6) is 0 Å². The monoisotopic (exact) mass is 537 g/mol. The van der Waals surface area contributed by atoms with Gasteiger partial charge in [-0.2, -0.15) is 18.3 Å². The van der Waals surface area contributed by atoms with E-state index in [0.717, 1.165) is 71.1 Å². The maximum Gasteiger partial charge on any atom is 0.417 e. The maximum atomic E-state index is 13.6. The minimum atomic E-state index is -4.44. The number of thiophene rings is 1. The van der Waals surface area contributed by atoms with Crippen molar-refractivity contribution in [1.29, 1.82) is 0 Å². The Morgan fingerprint density at radius 2 is 1.87 bits per heavy atom. The number of pyridine rings is 1. The number of rotatable bonds is 6. The average molecular weight is 538 g/mol. The van der Waals surface area contributed by atoms with Gasteiger partial charge < -0.3 is 9.88 Å². The van der Waals surface area contributed by atoms with Crippen molar-refractivity contribution in [2.45, 2.75) is 45.7 Å². The van der Waals surface area contributed by atoms with Crippen molar-refractivity contribution in [2.24, 2.45) is 5.10 Å². The molecule has 1 aromatic carbocycles. The third-order valence-electron chi connectivity index (χ3n) is 6.56. The molecule has 38 heavy (non-hydrogen) atoms. The number of hydrazone groups is 1. The first-order valence-electron chi connectivity index (χ1n) is 12.2. The number of hydrogen-bond acceptors (Lipinski definition) is 5. The third-order valence-corrected chi connectivity index (χ3v) is 7.84. The first-order chi connectivity index (χ1) is 18.2. The number of aromatic nitrogens is 2. The zero-order valence-electron chi connectivity index (χ0n) is 20.9. The number of hydrogen-bond donors (Lipinski definition) is 2. The van der Waals surface area contributed by atoms with E-state index in [1.165, 1.54) is 10.9 Å². The van der Waals surface area contributed by atoms with Crippen LogP contribution in [0, 0.1) is 13.8 Å². The summed E-state index contributed by atoms with van der Waals surface area (Å²) in [6.45, 7) is 3.94. The lowest BCUT2D eigenvalue weighted by Gasteiger charge is -2.14. The molecule has 10 heteroatoms. The Hall–Kier alpha value is -3.92. The lowest BCUT2D eigenvalue weighted by atomic mass is 9.95. The topological polar surface area (TPSA) is 71.3 Å². The van der Waals surface area contributed by atoms with Crippen LogP contribution in [0.1, 0.15) is 56.2 Å². The van der Waals surface area contributed by atoms with Crippen LogP contribution in [0.4, 0.5) is 24.7 Å². The summed E-state index contributed by atoms with van der Waals surface area (Å²) in [6, 6.07) is 13.6. The molecule has 196 valence electrons. The van der Waals surface area contributed by atoms with Gasteiger partial charge in [-0.05, 0) is 75.4 Å². The summed E-state index contributed by atoms with van der Waals surface area (Å²) in [5.74, 6) is 0.0808. The Labute approximate surface area is 222 Å². The fourth-order valence-corrected chi connectivity index (χ4v) is 6.18. The smallest absolute Gasteiger partial charge is 0.322 e. The minimum Gasteiger partial charge on any atom is -0.322 e. The number of alkyl halides is 3. The van der Waals surface area contributed by atoms with Crippen molar-refractivity contribution in [3.63, 3.8) is 0 Å². The van der Waals surface area contributed by atoms with Gasteiger partial charge in [0.1, 0.15) is 10.8 Å². The van der Waals surface area contributed by atoms with Crippen molar-refractivity contribution >= 4 is 35.0 Å². The average Bonchev–Trinajstić information content (AvgIpc) is 3.40. The van der Waals surface area contributed by atoms with Gasteiger partial charge in [-0.15, -0.1) is 11.3 Å². The van der Waals surface area contributed by atoms with Crippen LogP contribution in [0.3, 0.4) is 0 Å². The summed E-state index contributed by atoms with van der Waals surface area (Å²) in [6.07, 6.45) is 1.94. The molecule has 6 nitrogen and oxygen atoms in total. The van der Waals surface area contributed by atoms with Gasteiger partial charge in [0.05, 0.1) is 17.3 Å². The largest absolute Gasteiger partial charge is 0.417 e. The quantitative estimate of drug-likeness (QED) is 0.203. The third kappa shape index (κ3) is 5.22. The molecule has 2 N–H and O–H groups in total. The number of benzene rings is 1. The molecule has 0 fully saturated rings. The number of fused-ring (bicyclic) bond motifs is 1. The van der Waals surface area contributed by atoms with Gasteiger partial charge in [-0.25, -0.2) is 4.98 Å². The molecule has 5 rings (SSSR count). The Kier molecular flexibility index (Phi) is 7.07. The highest BCUT2D eigenvalue weighted by Crippen LogP contribution is 2.39. The van der Waals surface area contributed by atoms with Crippen LogP contribution in [0.2, 0.25) is 0 Å². The fraction of sp³-hybridized carbons (Fsp3) is 0.250. The molecular formula is C28H26F3N5OS. The van der Waals surface area contributed by atoms with Crippen molar-refractivity contribution in [3.8, 4) is 5.00 Å². The molecule has 1 aliphatic rings. The number of halogens is 3. The maximum absolute atomic E-state index is 13.6. The van der Waals surface area contributed by atoms with Crippen LogP contribution in [0.25, 0.3) is 5.00 Å². The molecule has 1 amide bonds. The molecule has 0 saturated heterocycles. The van der Waals surface area contributed by atoms with Crippen LogP contribution in [0.15, 0.2) is 59.8 Å². The highest BCUT2D eigenvalue weighted by Gasteiger charge is 2.31. The lowest BCUT2D eigenvalue weighted by molar-refractivity contribution is -0.137. The SMILES string of the molecule is Cc1cc(/C=N\Nc2ccc(C(F)(F)F)cn2)c(C)n1-c1sc2c(c1C(=O)Nc1ccccc1)CCCC2. The van der Waals surface area contributed by atoms with Crippen LogP contribution in [-0.2, 0) is 19.0 Å². The van der Waals surface area contributed by atoms with E-state index in [1.807, 2.05) is 50.2 Å². The van der Waals surface area contributed by atoms with Crippen LogP contribution in [-0.4, -0.2) is 21.7 Å². The van der Waals surface area contributed by atoms with Gasteiger partial charge in [-0.3, -0.25) is 10.2 Å². The highest BCUT2D eigenvalue weighted by molar-refractivity contribution is 7.15. The normalized spacial score (nSPS) is 13.5. The number of amides is 1. The van der Waals surface area contributed by atoms with Crippen LogP contribution >= 0.6 is 11.3 Å². The Morgan fingerprint density at radius 3 is 2.58 bits per heavy atom. The van der Waals surface area contributed by atoms with E-state index in [2.05, 4.69) is 25.4 Å². The molecule has 0 bridgehead atoms. The molecule has 0 saturated carbocycles. The Balaban J connectivity index is 1.44. The number of aryl methyl sites for hydroxylation is 2. The van der Waals surface area contributed by atoms with Crippen molar-refractivity contribution in [2.75, 3.05) is 10.7 Å². The van der Waals surface area contributed by atoms with E-state index in [-0.39, 0.29) is 11.7 Å².